The second-order valence-electron chi connectivity index (χ2n) is 7.16. The summed E-state index contributed by atoms with van der Waals surface area (Å²) in [6.45, 7) is 2.07. The Morgan fingerprint density at radius 1 is 1.18 bits per heavy atom. The van der Waals surface area contributed by atoms with Crippen LogP contribution in [0.1, 0.15) is 43.7 Å². The van der Waals surface area contributed by atoms with Crippen molar-refractivity contribution in [1.82, 2.24) is 19.3 Å². The molecule has 0 bridgehead atoms. The van der Waals surface area contributed by atoms with Crippen molar-refractivity contribution in [2.75, 3.05) is 11.1 Å². The predicted molar refractivity (Wildman–Crippen MR) is 112 cm³/mol. The van der Waals surface area contributed by atoms with Crippen molar-refractivity contribution in [3.8, 4) is 5.69 Å². The largest absolute Gasteiger partial charge is 0.310 e. The van der Waals surface area contributed by atoms with Crippen molar-refractivity contribution >= 4 is 23.5 Å². The van der Waals surface area contributed by atoms with Gasteiger partial charge in [0.15, 0.2) is 5.16 Å². The van der Waals surface area contributed by atoms with E-state index in [0.29, 0.717) is 11.8 Å². The summed E-state index contributed by atoms with van der Waals surface area (Å²) < 4.78 is 4.01. The predicted octanol–water partition coefficient (Wildman–Crippen LogP) is 4.61. The van der Waals surface area contributed by atoms with Gasteiger partial charge >= 0.3 is 0 Å². The highest BCUT2D eigenvalue weighted by Crippen LogP contribution is 2.30. The summed E-state index contributed by atoms with van der Waals surface area (Å²) in [6.07, 6.45) is 11.5. The lowest BCUT2D eigenvalue weighted by molar-refractivity contribution is -0.113. The van der Waals surface area contributed by atoms with Gasteiger partial charge in [-0.1, -0.05) is 49.2 Å². The molecule has 2 aromatic heterocycles. The maximum atomic E-state index is 12.5. The molecular weight excluding hydrogens is 370 g/mol. The number of nitrogens with zero attached hydrogens (tertiary/aromatic N) is 4. The first-order valence-electron chi connectivity index (χ1n) is 9.78. The van der Waals surface area contributed by atoms with E-state index in [-0.39, 0.29) is 5.91 Å². The van der Waals surface area contributed by atoms with Crippen LogP contribution < -0.4 is 5.32 Å². The van der Waals surface area contributed by atoms with Crippen LogP contribution in [0.15, 0.2) is 54.1 Å². The normalized spacial score (nSPS) is 14.9. The number of nitrogens with one attached hydrogen (secondary N) is 1. The molecule has 1 saturated carbocycles. The Labute approximate surface area is 169 Å². The Morgan fingerprint density at radius 3 is 2.82 bits per heavy atom. The monoisotopic (exact) mass is 395 g/mol. The molecule has 1 aliphatic carbocycles. The van der Waals surface area contributed by atoms with E-state index in [2.05, 4.69) is 34.5 Å². The van der Waals surface area contributed by atoms with E-state index >= 15 is 0 Å². The van der Waals surface area contributed by atoms with Crippen LogP contribution in [0.5, 0.6) is 0 Å². The third-order valence-electron chi connectivity index (χ3n) is 5.17. The molecule has 146 valence electrons. The molecule has 0 atom stereocenters. The van der Waals surface area contributed by atoms with Gasteiger partial charge in [-0.2, -0.15) is 5.10 Å². The van der Waals surface area contributed by atoms with E-state index in [0.717, 1.165) is 29.5 Å². The quantitative estimate of drug-likeness (QED) is 0.619. The molecule has 0 spiro atoms. The number of hydrogen-bond donors (Lipinski definition) is 1. The first-order valence-corrected chi connectivity index (χ1v) is 10.8. The van der Waals surface area contributed by atoms with Crippen molar-refractivity contribution in [2.24, 2.45) is 0 Å². The van der Waals surface area contributed by atoms with Gasteiger partial charge in [0, 0.05) is 18.5 Å². The summed E-state index contributed by atoms with van der Waals surface area (Å²) in [5.41, 5.74) is 2.25. The molecule has 3 aromatic rings. The van der Waals surface area contributed by atoms with Gasteiger partial charge < -0.3 is 5.32 Å². The molecule has 6 nitrogen and oxygen atoms in total. The number of para-hydroxylation sites is 1. The summed E-state index contributed by atoms with van der Waals surface area (Å²) >= 11 is 1.44. The standard InChI is InChI=1S/C21H25N5OS/c1-16-7-5-6-10-18(16)25-14-13-22-21(25)28-15-20(27)24-19-11-12-23-26(19)17-8-3-2-4-9-17/h5-7,10-14,17H,2-4,8-9,15H2,1H3,(H,24,27). The Morgan fingerprint density at radius 2 is 2.00 bits per heavy atom. The average molecular weight is 396 g/mol. The van der Waals surface area contributed by atoms with Gasteiger partial charge in [0.05, 0.1) is 23.7 Å². The van der Waals surface area contributed by atoms with Gasteiger partial charge in [0.25, 0.3) is 0 Å². The number of aryl methyl sites for hydroxylation is 1. The van der Waals surface area contributed by atoms with Crippen molar-refractivity contribution in [1.29, 1.82) is 0 Å². The molecule has 1 aromatic carbocycles. The van der Waals surface area contributed by atoms with Crippen molar-refractivity contribution in [2.45, 2.75) is 50.2 Å². The van der Waals surface area contributed by atoms with Gasteiger partial charge in [-0.05, 0) is 31.4 Å². The van der Waals surface area contributed by atoms with Gasteiger partial charge in [-0.15, -0.1) is 0 Å². The number of aromatic nitrogens is 4. The van der Waals surface area contributed by atoms with Crippen LogP contribution >= 0.6 is 11.8 Å². The minimum atomic E-state index is -0.0399. The van der Waals surface area contributed by atoms with Crippen LogP contribution in [0.3, 0.4) is 0 Å². The van der Waals surface area contributed by atoms with Gasteiger partial charge in [-0.3, -0.25) is 9.36 Å². The van der Waals surface area contributed by atoms with Crippen LogP contribution in [0.25, 0.3) is 5.69 Å². The van der Waals surface area contributed by atoms with E-state index in [1.165, 1.54) is 36.6 Å². The van der Waals surface area contributed by atoms with Crippen LogP contribution in [-0.2, 0) is 4.79 Å². The van der Waals surface area contributed by atoms with Crippen LogP contribution in [0.4, 0.5) is 5.82 Å². The molecule has 2 heterocycles. The van der Waals surface area contributed by atoms with Gasteiger partial charge in [0.1, 0.15) is 5.82 Å². The number of benzene rings is 1. The molecule has 0 unspecified atom stereocenters. The first kappa shape index (κ1) is 18.8. The molecule has 1 amide bonds. The second-order valence-corrected chi connectivity index (χ2v) is 8.10. The summed E-state index contributed by atoms with van der Waals surface area (Å²) in [5.74, 6) is 1.06. The minimum Gasteiger partial charge on any atom is -0.310 e. The number of anilines is 1. The topological polar surface area (TPSA) is 64.7 Å². The Balaban J connectivity index is 1.40. The number of imidazole rings is 1. The Hall–Kier alpha value is -2.54. The van der Waals surface area contributed by atoms with Gasteiger partial charge in [0.2, 0.25) is 5.91 Å². The first-order chi connectivity index (χ1) is 13.7. The molecule has 0 radical (unpaired) electrons. The smallest absolute Gasteiger partial charge is 0.235 e. The summed E-state index contributed by atoms with van der Waals surface area (Å²) in [6, 6.07) is 10.4. The Kier molecular flexibility index (Phi) is 5.81. The molecule has 1 aliphatic rings. The number of carbonyl (C=O) groups excluding carboxylic acids is 1. The van der Waals surface area contributed by atoms with E-state index in [9.17, 15) is 4.79 Å². The van der Waals surface area contributed by atoms with Crippen molar-refractivity contribution in [3.05, 3.63) is 54.5 Å². The number of thioether (sulfide) groups is 1. The molecule has 28 heavy (non-hydrogen) atoms. The lowest BCUT2D eigenvalue weighted by Gasteiger charge is -2.23. The number of amides is 1. The highest BCUT2D eigenvalue weighted by atomic mass is 32.2. The number of carbonyl (C=O) groups is 1. The van der Waals surface area contributed by atoms with E-state index in [1.807, 2.05) is 33.6 Å². The van der Waals surface area contributed by atoms with E-state index < -0.39 is 0 Å². The van der Waals surface area contributed by atoms with Crippen molar-refractivity contribution < 1.29 is 4.79 Å². The third-order valence-corrected chi connectivity index (χ3v) is 6.14. The Bertz CT molecular complexity index is 942. The maximum Gasteiger partial charge on any atom is 0.235 e. The molecule has 1 N–H and O–H groups in total. The van der Waals surface area contributed by atoms with Crippen molar-refractivity contribution in [3.63, 3.8) is 0 Å². The molecule has 7 heteroatoms. The van der Waals surface area contributed by atoms with Gasteiger partial charge in [-0.25, -0.2) is 9.67 Å². The lowest BCUT2D eigenvalue weighted by atomic mass is 9.96. The fourth-order valence-electron chi connectivity index (χ4n) is 3.75. The molecule has 0 saturated heterocycles. The van der Waals surface area contributed by atoms with E-state index in [1.54, 1.807) is 12.4 Å². The minimum absolute atomic E-state index is 0.0399. The highest BCUT2D eigenvalue weighted by Gasteiger charge is 2.19. The molecule has 1 fully saturated rings. The number of rotatable bonds is 6. The van der Waals surface area contributed by atoms with Crippen LogP contribution in [0, 0.1) is 6.92 Å². The summed E-state index contributed by atoms with van der Waals surface area (Å²) in [4.78, 5) is 17.0. The highest BCUT2D eigenvalue weighted by molar-refractivity contribution is 7.99. The fourth-order valence-corrected chi connectivity index (χ4v) is 4.52. The fraction of sp³-hybridized carbons (Fsp3) is 0.381. The average Bonchev–Trinajstić information content (AvgIpc) is 3.37. The molecule has 0 aliphatic heterocycles. The molecule has 4 rings (SSSR count). The summed E-state index contributed by atoms with van der Waals surface area (Å²) in [5, 5.41) is 8.28. The number of hydrogen-bond acceptors (Lipinski definition) is 4. The zero-order valence-electron chi connectivity index (χ0n) is 16.0. The summed E-state index contributed by atoms with van der Waals surface area (Å²) in [7, 11) is 0. The second kappa shape index (κ2) is 8.65. The van der Waals surface area contributed by atoms with Crippen LogP contribution in [0.2, 0.25) is 0 Å². The maximum absolute atomic E-state index is 12.5. The zero-order chi connectivity index (χ0) is 19.3. The molecular formula is C21H25N5OS. The zero-order valence-corrected chi connectivity index (χ0v) is 16.9. The lowest BCUT2D eigenvalue weighted by Crippen LogP contribution is -2.21. The van der Waals surface area contributed by atoms with Crippen LogP contribution in [-0.4, -0.2) is 31.0 Å². The SMILES string of the molecule is Cc1ccccc1-n1ccnc1SCC(=O)Nc1ccnn1C1CCCCC1. The third kappa shape index (κ3) is 4.14. The van der Waals surface area contributed by atoms with E-state index in [4.69, 9.17) is 0 Å².